The topological polar surface area (TPSA) is 120 Å². The van der Waals surface area contributed by atoms with Crippen LogP contribution in [-0.2, 0) is 25.7 Å². The molecule has 3 heterocycles. The van der Waals surface area contributed by atoms with Gasteiger partial charge in [0, 0.05) is 51.5 Å². The van der Waals surface area contributed by atoms with E-state index in [-0.39, 0.29) is 36.0 Å². The highest BCUT2D eigenvalue weighted by molar-refractivity contribution is 6.00. The van der Waals surface area contributed by atoms with Crippen LogP contribution in [0.5, 0.6) is 11.5 Å². The highest BCUT2D eigenvalue weighted by atomic mass is 35.5. The maximum absolute atomic E-state index is 13.8. The summed E-state index contributed by atoms with van der Waals surface area (Å²) < 4.78 is 11.5. The monoisotopic (exact) mass is 670 g/mol. The lowest BCUT2D eigenvalue weighted by Crippen LogP contribution is -2.75. The molecule has 1 spiro atoms. The number of amides is 3. The zero-order chi connectivity index (χ0) is 32.7. The molecule has 3 N–H and O–H groups in total. The van der Waals surface area contributed by atoms with Gasteiger partial charge in [0.1, 0.15) is 23.1 Å². The number of hydrogen-bond acceptors (Lipinski definition) is 7. The van der Waals surface area contributed by atoms with Crippen molar-refractivity contribution in [2.75, 3.05) is 38.2 Å². The van der Waals surface area contributed by atoms with E-state index in [0.717, 1.165) is 36.4 Å². The average Bonchev–Trinajstić information content (AvgIpc) is 3.05. The second kappa shape index (κ2) is 16.8. The first-order valence-electron chi connectivity index (χ1n) is 17.0. The fourth-order valence-electron chi connectivity index (χ4n) is 6.86. The molecule has 5 rings (SSSR count). The van der Waals surface area contributed by atoms with Crippen LogP contribution in [0.3, 0.4) is 0 Å². The molecule has 10 nitrogen and oxygen atoms in total. The van der Waals surface area contributed by atoms with E-state index in [1.165, 1.54) is 0 Å². The Morgan fingerprint density at radius 3 is 2.26 bits per heavy atom. The van der Waals surface area contributed by atoms with Crippen molar-refractivity contribution < 1.29 is 29.0 Å². The summed E-state index contributed by atoms with van der Waals surface area (Å²) in [4.78, 5) is 43.7. The van der Waals surface area contributed by atoms with Gasteiger partial charge < -0.3 is 30.1 Å². The molecule has 3 aliphatic rings. The van der Waals surface area contributed by atoms with Crippen molar-refractivity contribution in [1.82, 2.24) is 15.1 Å². The molecule has 0 saturated carbocycles. The maximum Gasteiger partial charge on any atom is 0.248 e. The fourth-order valence-corrected chi connectivity index (χ4v) is 6.86. The standard InChI is InChI=1S/C36H50N4O6.ClH/c1-4-5-18-40-34(43)32(33(42)27-14-21-45-22-15-27)38-35(44)36(40)16-19-39(20-17-36)24-26-6-10-29(11-7-26)46-30-12-8-28(9-13-30)37-31(41)23-25(2)3;/h6-13,25,27,32-33,42H,4-5,14-24H2,1-3H3,(H,37,41)(H,38,44);1H/t32-,33-;/m1./s1. The highest BCUT2D eigenvalue weighted by Crippen LogP contribution is 2.36. The van der Waals surface area contributed by atoms with Crippen LogP contribution in [0.4, 0.5) is 5.69 Å². The van der Waals surface area contributed by atoms with Crippen LogP contribution in [0.15, 0.2) is 48.5 Å². The van der Waals surface area contributed by atoms with Crippen LogP contribution in [0.25, 0.3) is 0 Å². The summed E-state index contributed by atoms with van der Waals surface area (Å²) in [5.74, 6) is 1.37. The minimum atomic E-state index is -0.907. The number of carbonyl (C=O) groups excluding carboxylic acids is 3. The number of likely N-dealkylation sites (tertiary alicyclic amines) is 1. The number of benzene rings is 2. The third kappa shape index (κ3) is 9.04. The van der Waals surface area contributed by atoms with Gasteiger partial charge in [0.15, 0.2) is 0 Å². The maximum atomic E-state index is 13.8. The van der Waals surface area contributed by atoms with Crippen molar-refractivity contribution in [3.8, 4) is 11.5 Å². The third-order valence-corrected chi connectivity index (χ3v) is 9.56. The van der Waals surface area contributed by atoms with Gasteiger partial charge in [-0.1, -0.05) is 39.3 Å². The van der Waals surface area contributed by atoms with Gasteiger partial charge in [0.05, 0.1) is 6.10 Å². The van der Waals surface area contributed by atoms with Gasteiger partial charge in [-0.05, 0) is 85.9 Å². The summed E-state index contributed by atoms with van der Waals surface area (Å²) in [6.07, 6.45) is 3.81. The number of unbranched alkanes of at least 4 members (excludes halogenated alkanes) is 1. The lowest BCUT2D eigenvalue weighted by molar-refractivity contribution is -0.166. The Kier molecular flexibility index (Phi) is 13.1. The largest absolute Gasteiger partial charge is 0.457 e. The number of piperazine rings is 1. The number of ether oxygens (including phenoxy) is 2. The Balaban J connectivity index is 0.00000500. The van der Waals surface area contributed by atoms with Crippen LogP contribution >= 0.6 is 12.4 Å². The van der Waals surface area contributed by atoms with Crippen molar-refractivity contribution in [2.24, 2.45) is 11.8 Å². The molecular weight excluding hydrogens is 620 g/mol. The minimum absolute atomic E-state index is 0. The first kappa shape index (κ1) is 36.7. The number of halogens is 1. The molecule has 258 valence electrons. The summed E-state index contributed by atoms with van der Waals surface area (Å²) >= 11 is 0. The summed E-state index contributed by atoms with van der Waals surface area (Å²) in [6.45, 7) is 9.89. The number of rotatable bonds is 12. The van der Waals surface area contributed by atoms with Crippen molar-refractivity contribution >= 4 is 35.8 Å². The first-order chi connectivity index (χ1) is 22.2. The second-order valence-corrected chi connectivity index (χ2v) is 13.5. The second-order valence-electron chi connectivity index (χ2n) is 13.5. The minimum Gasteiger partial charge on any atom is -0.457 e. The molecule has 3 saturated heterocycles. The molecule has 0 aliphatic carbocycles. The van der Waals surface area contributed by atoms with Crippen LogP contribution in [-0.4, -0.2) is 83.2 Å². The van der Waals surface area contributed by atoms with E-state index in [2.05, 4.69) is 22.5 Å². The summed E-state index contributed by atoms with van der Waals surface area (Å²) in [7, 11) is 0. The summed E-state index contributed by atoms with van der Waals surface area (Å²) in [6, 6.07) is 14.4. The van der Waals surface area contributed by atoms with Crippen molar-refractivity contribution in [1.29, 1.82) is 0 Å². The van der Waals surface area contributed by atoms with Gasteiger partial charge in [-0.2, -0.15) is 0 Å². The Morgan fingerprint density at radius 1 is 1.04 bits per heavy atom. The molecule has 2 atom stereocenters. The number of hydrogen-bond donors (Lipinski definition) is 3. The van der Waals surface area contributed by atoms with Crippen molar-refractivity contribution in [2.45, 2.75) is 89.9 Å². The molecule has 3 fully saturated rings. The van der Waals surface area contributed by atoms with Crippen molar-refractivity contribution in [3.05, 3.63) is 54.1 Å². The Morgan fingerprint density at radius 2 is 1.66 bits per heavy atom. The Labute approximate surface area is 285 Å². The van der Waals surface area contributed by atoms with E-state index < -0.39 is 17.7 Å². The molecule has 2 aromatic carbocycles. The zero-order valence-electron chi connectivity index (χ0n) is 27.9. The fraction of sp³-hybridized carbons (Fsp3) is 0.583. The molecular formula is C36H51ClN4O6. The SMILES string of the molecule is CCCCN1C(=O)[C@@H]([C@H](O)C2CCOCC2)NC(=O)C12CCN(Cc1ccc(Oc3ccc(NC(=O)CC(C)C)cc3)cc1)CC2.Cl. The lowest BCUT2D eigenvalue weighted by Gasteiger charge is -2.52. The average molecular weight is 671 g/mol. The summed E-state index contributed by atoms with van der Waals surface area (Å²) in [5.41, 5.74) is 1.00. The zero-order valence-corrected chi connectivity index (χ0v) is 28.7. The van der Waals surface area contributed by atoms with Gasteiger partial charge in [-0.25, -0.2) is 0 Å². The number of carbonyl (C=O) groups is 3. The van der Waals surface area contributed by atoms with Gasteiger partial charge in [-0.3, -0.25) is 19.3 Å². The molecule has 3 amide bonds. The lowest BCUT2D eigenvalue weighted by atomic mass is 9.79. The number of piperidine rings is 1. The van der Waals surface area contributed by atoms with Gasteiger partial charge >= 0.3 is 0 Å². The number of anilines is 1. The van der Waals surface area contributed by atoms with Gasteiger partial charge in [0.25, 0.3) is 0 Å². The van der Waals surface area contributed by atoms with Gasteiger partial charge in [-0.15, -0.1) is 12.4 Å². The predicted molar refractivity (Wildman–Crippen MR) is 184 cm³/mol. The van der Waals surface area contributed by atoms with Crippen LogP contribution in [0.1, 0.15) is 71.3 Å². The van der Waals surface area contributed by atoms with E-state index in [0.29, 0.717) is 76.6 Å². The molecule has 47 heavy (non-hydrogen) atoms. The molecule has 0 unspecified atom stereocenters. The third-order valence-electron chi connectivity index (χ3n) is 9.56. The molecule has 0 aromatic heterocycles. The molecule has 0 bridgehead atoms. The van der Waals surface area contributed by atoms with E-state index in [9.17, 15) is 19.5 Å². The normalized spacial score (nSPS) is 20.9. The van der Waals surface area contributed by atoms with Crippen LogP contribution in [0, 0.1) is 11.8 Å². The first-order valence-corrected chi connectivity index (χ1v) is 17.0. The smallest absolute Gasteiger partial charge is 0.248 e. The molecule has 0 radical (unpaired) electrons. The number of nitrogens with one attached hydrogen (secondary N) is 2. The van der Waals surface area contributed by atoms with Crippen molar-refractivity contribution in [3.63, 3.8) is 0 Å². The van der Waals surface area contributed by atoms with Gasteiger partial charge in [0.2, 0.25) is 17.7 Å². The predicted octanol–water partition coefficient (Wildman–Crippen LogP) is 5.13. The van der Waals surface area contributed by atoms with Crippen LogP contribution in [0.2, 0.25) is 0 Å². The quantitative estimate of drug-likeness (QED) is 0.286. The highest BCUT2D eigenvalue weighted by Gasteiger charge is 2.55. The Bertz CT molecular complexity index is 1320. The Hall–Kier alpha value is -3.18. The van der Waals surface area contributed by atoms with E-state index in [1.807, 2.05) is 62.4 Å². The van der Waals surface area contributed by atoms with Crippen LogP contribution < -0.4 is 15.4 Å². The molecule has 2 aromatic rings. The summed E-state index contributed by atoms with van der Waals surface area (Å²) in [5, 5.41) is 17.0. The number of aliphatic hydroxyl groups excluding tert-OH is 1. The number of aliphatic hydroxyl groups is 1. The van der Waals surface area contributed by atoms with E-state index >= 15 is 0 Å². The van der Waals surface area contributed by atoms with E-state index in [1.54, 1.807) is 4.90 Å². The number of nitrogens with zero attached hydrogens (tertiary/aromatic N) is 2. The molecule has 11 heteroatoms. The molecule has 3 aliphatic heterocycles. The van der Waals surface area contributed by atoms with E-state index in [4.69, 9.17) is 9.47 Å².